The van der Waals surface area contributed by atoms with Crippen LogP contribution in [0.25, 0.3) is 22.4 Å². The van der Waals surface area contributed by atoms with Crippen LogP contribution in [0.1, 0.15) is 10.4 Å². The molecule has 4 nitrogen and oxygen atoms in total. The van der Waals surface area contributed by atoms with Crippen molar-refractivity contribution in [3.8, 4) is 11.5 Å². The summed E-state index contributed by atoms with van der Waals surface area (Å²) in [7, 11) is 0. The number of amides is 1. The average molecular weight is 354 g/mol. The van der Waals surface area contributed by atoms with Gasteiger partial charge < -0.3 is 9.32 Å². The summed E-state index contributed by atoms with van der Waals surface area (Å²) in [6, 6.07) is 22.7. The second-order valence-electron chi connectivity index (χ2n) is 6.09. The minimum atomic E-state index is -0.104. The third kappa shape index (κ3) is 3.25. The van der Waals surface area contributed by atoms with Crippen LogP contribution in [-0.2, 0) is 0 Å². The largest absolute Gasteiger partial charge is 0.463 e. The maximum Gasteiger partial charge on any atom is 0.259 e. The number of rotatable bonds is 5. The fraction of sp³-hybridized carbons (Fsp3) is 0.0435. The summed E-state index contributed by atoms with van der Waals surface area (Å²) >= 11 is 0. The number of nitrogens with zero attached hydrogens (tertiary/aromatic N) is 2. The average Bonchev–Trinajstić information content (AvgIpc) is 3.26. The first-order chi connectivity index (χ1) is 13.3. The van der Waals surface area contributed by atoms with Gasteiger partial charge in [-0.25, -0.2) is 4.98 Å². The SMILES string of the molecule is C=CCN(C(=O)c1cc(-c2ccco2)nc2ccccc12)c1ccccc1. The van der Waals surface area contributed by atoms with Gasteiger partial charge in [0, 0.05) is 17.6 Å². The van der Waals surface area contributed by atoms with E-state index >= 15 is 0 Å². The molecule has 0 fully saturated rings. The molecule has 132 valence electrons. The summed E-state index contributed by atoms with van der Waals surface area (Å²) in [4.78, 5) is 19.9. The summed E-state index contributed by atoms with van der Waals surface area (Å²) in [6.07, 6.45) is 3.32. The summed E-state index contributed by atoms with van der Waals surface area (Å²) in [5, 5.41) is 0.808. The number of hydrogen-bond donors (Lipinski definition) is 0. The van der Waals surface area contributed by atoms with E-state index in [1.165, 1.54) is 0 Å². The van der Waals surface area contributed by atoms with E-state index in [0.717, 1.165) is 16.6 Å². The van der Waals surface area contributed by atoms with E-state index in [1.54, 1.807) is 23.3 Å². The van der Waals surface area contributed by atoms with Crippen LogP contribution in [0, 0.1) is 0 Å². The van der Waals surface area contributed by atoms with Crippen molar-refractivity contribution >= 4 is 22.5 Å². The summed E-state index contributed by atoms with van der Waals surface area (Å²) in [5.74, 6) is 0.525. The molecule has 4 rings (SSSR count). The monoisotopic (exact) mass is 354 g/mol. The second-order valence-corrected chi connectivity index (χ2v) is 6.09. The molecule has 0 aliphatic rings. The molecule has 4 aromatic rings. The predicted molar refractivity (Wildman–Crippen MR) is 108 cm³/mol. The van der Waals surface area contributed by atoms with E-state index < -0.39 is 0 Å². The number of carbonyl (C=O) groups excluding carboxylic acids is 1. The van der Waals surface area contributed by atoms with Crippen molar-refractivity contribution in [2.75, 3.05) is 11.4 Å². The number of hydrogen-bond acceptors (Lipinski definition) is 3. The van der Waals surface area contributed by atoms with Crippen LogP contribution in [-0.4, -0.2) is 17.4 Å². The van der Waals surface area contributed by atoms with Crippen LogP contribution in [0.2, 0.25) is 0 Å². The fourth-order valence-corrected chi connectivity index (χ4v) is 3.09. The first kappa shape index (κ1) is 16.8. The number of pyridine rings is 1. The van der Waals surface area contributed by atoms with Crippen LogP contribution >= 0.6 is 0 Å². The van der Waals surface area contributed by atoms with Crippen molar-refractivity contribution in [2.24, 2.45) is 0 Å². The molecule has 0 unspecified atom stereocenters. The molecule has 0 saturated carbocycles. The first-order valence-electron chi connectivity index (χ1n) is 8.69. The molecular weight excluding hydrogens is 336 g/mol. The molecule has 0 radical (unpaired) electrons. The molecule has 2 heterocycles. The number of fused-ring (bicyclic) bond motifs is 1. The number of carbonyl (C=O) groups is 1. The van der Waals surface area contributed by atoms with Gasteiger partial charge in [-0.3, -0.25) is 4.79 Å². The maximum atomic E-state index is 13.5. The molecule has 1 amide bonds. The summed E-state index contributed by atoms with van der Waals surface area (Å²) < 4.78 is 5.49. The van der Waals surface area contributed by atoms with Gasteiger partial charge in [0.2, 0.25) is 0 Å². The van der Waals surface area contributed by atoms with Gasteiger partial charge in [0.15, 0.2) is 5.76 Å². The predicted octanol–water partition coefficient (Wildman–Crippen LogP) is 5.33. The first-order valence-corrected chi connectivity index (χ1v) is 8.69. The van der Waals surface area contributed by atoms with Crippen LogP contribution < -0.4 is 4.90 Å². The molecule has 0 aliphatic carbocycles. The molecule has 0 N–H and O–H groups in total. The zero-order chi connectivity index (χ0) is 18.6. The Hall–Kier alpha value is -3.66. The lowest BCUT2D eigenvalue weighted by Gasteiger charge is -2.22. The lowest BCUT2D eigenvalue weighted by molar-refractivity contribution is 0.0991. The normalized spacial score (nSPS) is 10.7. The molecule has 2 aromatic heterocycles. The van der Waals surface area contributed by atoms with E-state index in [4.69, 9.17) is 4.42 Å². The Kier molecular flexibility index (Phi) is 4.54. The van der Waals surface area contributed by atoms with E-state index in [2.05, 4.69) is 11.6 Å². The van der Waals surface area contributed by atoms with Gasteiger partial charge in [-0.15, -0.1) is 6.58 Å². The van der Waals surface area contributed by atoms with E-state index in [-0.39, 0.29) is 5.91 Å². The van der Waals surface area contributed by atoms with Crippen molar-refractivity contribution in [1.82, 2.24) is 4.98 Å². The van der Waals surface area contributed by atoms with Gasteiger partial charge in [-0.05, 0) is 36.4 Å². The van der Waals surface area contributed by atoms with Gasteiger partial charge in [0.1, 0.15) is 5.69 Å². The van der Waals surface area contributed by atoms with Gasteiger partial charge in [-0.1, -0.05) is 42.5 Å². The molecule has 27 heavy (non-hydrogen) atoms. The maximum absolute atomic E-state index is 13.5. The molecular formula is C23H18N2O2. The Labute approximate surface area is 157 Å². The molecule has 4 heteroatoms. The molecule has 0 saturated heterocycles. The number of anilines is 1. The van der Waals surface area contributed by atoms with Gasteiger partial charge in [-0.2, -0.15) is 0 Å². The minimum Gasteiger partial charge on any atom is -0.463 e. The Bertz CT molecular complexity index is 1090. The van der Waals surface area contributed by atoms with E-state index in [9.17, 15) is 4.79 Å². The third-order valence-electron chi connectivity index (χ3n) is 4.34. The van der Waals surface area contributed by atoms with Crippen molar-refractivity contribution in [2.45, 2.75) is 0 Å². The zero-order valence-corrected chi connectivity index (χ0v) is 14.7. The Morgan fingerprint density at radius 2 is 1.81 bits per heavy atom. The Morgan fingerprint density at radius 1 is 1.04 bits per heavy atom. The van der Waals surface area contributed by atoms with Crippen molar-refractivity contribution in [3.63, 3.8) is 0 Å². The minimum absolute atomic E-state index is 0.104. The van der Waals surface area contributed by atoms with Crippen LogP contribution in [0.15, 0.2) is 96.1 Å². The van der Waals surface area contributed by atoms with Crippen LogP contribution in [0.5, 0.6) is 0 Å². The van der Waals surface area contributed by atoms with Gasteiger partial charge in [0.25, 0.3) is 5.91 Å². The lowest BCUT2D eigenvalue weighted by atomic mass is 10.0. The Balaban J connectivity index is 1.88. The summed E-state index contributed by atoms with van der Waals surface area (Å²) in [5.41, 5.74) is 2.79. The highest BCUT2D eigenvalue weighted by molar-refractivity contribution is 6.14. The zero-order valence-electron chi connectivity index (χ0n) is 14.7. The van der Waals surface area contributed by atoms with Crippen LogP contribution in [0.4, 0.5) is 5.69 Å². The molecule has 0 atom stereocenters. The number of benzene rings is 2. The van der Waals surface area contributed by atoms with Crippen molar-refractivity contribution in [1.29, 1.82) is 0 Å². The van der Waals surface area contributed by atoms with E-state index in [1.807, 2.05) is 66.7 Å². The summed E-state index contributed by atoms with van der Waals surface area (Å²) in [6.45, 7) is 4.21. The highest BCUT2D eigenvalue weighted by Crippen LogP contribution is 2.27. The van der Waals surface area contributed by atoms with Crippen molar-refractivity contribution < 1.29 is 9.21 Å². The van der Waals surface area contributed by atoms with Gasteiger partial charge in [0.05, 0.1) is 17.3 Å². The smallest absolute Gasteiger partial charge is 0.259 e. The second kappa shape index (κ2) is 7.30. The van der Waals surface area contributed by atoms with Gasteiger partial charge >= 0.3 is 0 Å². The molecule has 0 aliphatic heterocycles. The molecule has 0 bridgehead atoms. The van der Waals surface area contributed by atoms with Crippen LogP contribution in [0.3, 0.4) is 0 Å². The fourth-order valence-electron chi connectivity index (χ4n) is 3.09. The van der Waals surface area contributed by atoms with Crippen molar-refractivity contribution in [3.05, 3.63) is 97.3 Å². The quantitative estimate of drug-likeness (QED) is 0.455. The number of para-hydroxylation sites is 2. The lowest BCUT2D eigenvalue weighted by Crippen LogP contribution is -2.31. The number of furan rings is 1. The Morgan fingerprint density at radius 3 is 2.56 bits per heavy atom. The molecule has 2 aromatic carbocycles. The number of aromatic nitrogens is 1. The third-order valence-corrected chi connectivity index (χ3v) is 4.34. The molecule has 0 spiro atoms. The standard InChI is InChI=1S/C23H18N2O2/c1-2-14-25(17-9-4-3-5-10-17)23(26)19-16-21(22-13-8-15-27-22)24-20-12-7-6-11-18(19)20/h2-13,15-16H,1,14H2. The highest BCUT2D eigenvalue weighted by Gasteiger charge is 2.21. The van der Waals surface area contributed by atoms with E-state index in [0.29, 0.717) is 23.6 Å². The topological polar surface area (TPSA) is 46.3 Å². The highest BCUT2D eigenvalue weighted by atomic mass is 16.3.